The van der Waals surface area contributed by atoms with Crippen molar-refractivity contribution < 1.29 is 0 Å². The fourth-order valence-corrected chi connectivity index (χ4v) is 10.4. The minimum absolute atomic E-state index is 0.314. The second kappa shape index (κ2) is 15.8. The standard InChI is InChI=1S/C63H46N4/c1-63(2)55-36-46(60-32-31-59(66-67-60)42-17-7-4-8-18-42)26-27-49(55)51-37-53-54(38-56(51)63)62(48-24-22-40-14-10-12-20-44(40)34-48)52-35-45(58(65)30-29-57(64)41-15-5-3-6-16-41)25-28-50(52)61(53)47-23-21-39-13-9-11-19-43(39)33-47/h3-38H,64-65H2,1-2H3/b57-29-,58-30-. The van der Waals surface area contributed by atoms with Gasteiger partial charge in [-0.1, -0.05) is 172 Å². The molecule has 0 saturated heterocycles. The van der Waals surface area contributed by atoms with Crippen LogP contribution in [0, 0.1) is 0 Å². The van der Waals surface area contributed by atoms with Gasteiger partial charge >= 0.3 is 0 Å². The number of benzene rings is 10. The Bertz CT molecular complexity index is 3830. The van der Waals surface area contributed by atoms with Crippen molar-refractivity contribution >= 4 is 54.5 Å². The van der Waals surface area contributed by atoms with Crippen LogP contribution in [0.1, 0.15) is 36.1 Å². The van der Waals surface area contributed by atoms with Gasteiger partial charge < -0.3 is 11.5 Å². The van der Waals surface area contributed by atoms with E-state index in [0.717, 1.165) is 50.0 Å². The van der Waals surface area contributed by atoms with Crippen molar-refractivity contribution in [3.63, 3.8) is 0 Å². The molecule has 12 rings (SSSR count). The van der Waals surface area contributed by atoms with Gasteiger partial charge in [0, 0.05) is 27.9 Å². The highest BCUT2D eigenvalue weighted by atomic mass is 15.1. The predicted octanol–water partition coefficient (Wildman–Crippen LogP) is 15.4. The lowest BCUT2D eigenvalue weighted by Gasteiger charge is -2.24. The van der Waals surface area contributed by atoms with Crippen molar-refractivity contribution in [3.05, 3.63) is 241 Å². The summed E-state index contributed by atoms with van der Waals surface area (Å²) in [6.07, 6.45) is 3.83. The fourth-order valence-electron chi connectivity index (χ4n) is 10.4. The summed E-state index contributed by atoms with van der Waals surface area (Å²) < 4.78 is 0. The lowest BCUT2D eigenvalue weighted by molar-refractivity contribution is 0.661. The molecule has 0 aliphatic heterocycles. The van der Waals surface area contributed by atoms with E-state index in [2.05, 4.69) is 177 Å². The Morgan fingerprint density at radius 1 is 0.373 bits per heavy atom. The maximum atomic E-state index is 7.00. The Labute approximate surface area is 390 Å². The number of hydrogen-bond acceptors (Lipinski definition) is 4. The molecule has 0 radical (unpaired) electrons. The number of rotatable bonds is 7. The molecule has 0 amide bonds. The molecule has 1 aliphatic rings. The van der Waals surface area contributed by atoms with Crippen LogP contribution >= 0.6 is 0 Å². The molecule has 1 aromatic heterocycles. The summed E-state index contributed by atoms with van der Waals surface area (Å²) in [6.45, 7) is 4.72. The van der Waals surface area contributed by atoms with Crippen LogP contribution in [0.4, 0.5) is 0 Å². The molecule has 0 bridgehead atoms. The lowest BCUT2D eigenvalue weighted by atomic mass is 9.79. The van der Waals surface area contributed by atoms with E-state index in [9.17, 15) is 0 Å². The minimum Gasteiger partial charge on any atom is -0.398 e. The van der Waals surface area contributed by atoms with Crippen LogP contribution in [0.15, 0.2) is 218 Å². The maximum Gasteiger partial charge on any atom is 0.0930 e. The normalized spacial score (nSPS) is 13.3. The fraction of sp³-hybridized carbons (Fsp3) is 0.0476. The van der Waals surface area contributed by atoms with Crippen LogP contribution in [-0.4, -0.2) is 10.2 Å². The van der Waals surface area contributed by atoms with Gasteiger partial charge in [0.2, 0.25) is 0 Å². The molecule has 67 heavy (non-hydrogen) atoms. The van der Waals surface area contributed by atoms with Crippen molar-refractivity contribution in [1.29, 1.82) is 0 Å². The monoisotopic (exact) mass is 858 g/mol. The zero-order valence-corrected chi connectivity index (χ0v) is 37.3. The zero-order chi connectivity index (χ0) is 45.2. The van der Waals surface area contributed by atoms with E-state index in [1.165, 1.54) is 71.3 Å². The summed E-state index contributed by atoms with van der Waals surface area (Å²) in [6, 6.07) is 73.8. The van der Waals surface area contributed by atoms with Gasteiger partial charge in [-0.2, -0.15) is 0 Å². The molecule has 0 atom stereocenters. The second-order valence-electron chi connectivity index (χ2n) is 18.2. The van der Waals surface area contributed by atoms with Gasteiger partial charge in [-0.3, -0.25) is 0 Å². The molecule has 318 valence electrons. The summed E-state index contributed by atoms with van der Waals surface area (Å²) in [7, 11) is 0. The highest BCUT2D eigenvalue weighted by Crippen LogP contribution is 2.54. The molecule has 1 aliphatic carbocycles. The van der Waals surface area contributed by atoms with Crippen LogP contribution in [0.2, 0.25) is 0 Å². The molecule has 4 N–H and O–H groups in total. The number of aromatic nitrogens is 2. The molecule has 0 unspecified atom stereocenters. The van der Waals surface area contributed by atoms with E-state index >= 15 is 0 Å². The Kier molecular flexibility index (Phi) is 9.44. The number of nitrogens with zero attached hydrogens (tertiary/aromatic N) is 2. The smallest absolute Gasteiger partial charge is 0.0930 e. The number of hydrogen-bond donors (Lipinski definition) is 2. The van der Waals surface area contributed by atoms with Crippen LogP contribution in [0.25, 0.3) is 110 Å². The quantitative estimate of drug-likeness (QED) is 0.124. The molecular weight excluding hydrogens is 813 g/mol. The van der Waals surface area contributed by atoms with Gasteiger partial charge in [0.1, 0.15) is 0 Å². The van der Waals surface area contributed by atoms with E-state index in [4.69, 9.17) is 16.6 Å². The molecule has 0 saturated carbocycles. The third-order valence-corrected chi connectivity index (χ3v) is 13.9. The summed E-state index contributed by atoms with van der Waals surface area (Å²) >= 11 is 0. The van der Waals surface area contributed by atoms with Gasteiger partial charge in [0.05, 0.1) is 11.4 Å². The van der Waals surface area contributed by atoms with Crippen LogP contribution in [0.3, 0.4) is 0 Å². The Hall–Kier alpha value is -8.60. The SMILES string of the molecule is CC1(C)c2cc(-c3ccc(-c4ccccc4)nn3)ccc2-c2cc3c(-c4ccc5ccccc5c4)c4ccc(/C(N)=C/C=C(\N)c5ccccc5)cc4c(-c4ccc5ccccc5c4)c3cc21. The van der Waals surface area contributed by atoms with Crippen LogP contribution in [-0.2, 0) is 5.41 Å². The molecule has 4 nitrogen and oxygen atoms in total. The van der Waals surface area contributed by atoms with E-state index < -0.39 is 0 Å². The van der Waals surface area contributed by atoms with Crippen molar-refractivity contribution in [2.24, 2.45) is 11.5 Å². The van der Waals surface area contributed by atoms with Crippen LogP contribution in [0.5, 0.6) is 0 Å². The van der Waals surface area contributed by atoms with Crippen molar-refractivity contribution in [3.8, 4) is 55.9 Å². The van der Waals surface area contributed by atoms with E-state index in [1.54, 1.807) is 0 Å². The summed E-state index contributed by atoms with van der Waals surface area (Å²) in [5.74, 6) is 0. The van der Waals surface area contributed by atoms with Crippen molar-refractivity contribution in [1.82, 2.24) is 10.2 Å². The van der Waals surface area contributed by atoms with Gasteiger partial charge in [0.15, 0.2) is 0 Å². The first-order valence-electron chi connectivity index (χ1n) is 22.9. The van der Waals surface area contributed by atoms with Crippen LogP contribution < -0.4 is 11.5 Å². The van der Waals surface area contributed by atoms with Crippen molar-refractivity contribution in [2.75, 3.05) is 0 Å². The Morgan fingerprint density at radius 2 is 0.881 bits per heavy atom. The van der Waals surface area contributed by atoms with E-state index in [1.807, 2.05) is 60.7 Å². The average Bonchev–Trinajstić information content (AvgIpc) is 3.60. The van der Waals surface area contributed by atoms with Gasteiger partial charge in [-0.05, 0) is 159 Å². The van der Waals surface area contributed by atoms with E-state index in [-0.39, 0.29) is 5.41 Å². The van der Waals surface area contributed by atoms with Crippen molar-refractivity contribution in [2.45, 2.75) is 19.3 Å². The number of fused-ring (bicyclic) bond motifs is 7. The molecule has 11 aromatic rings. The third-order valence-electron chi connectivity index (χ3n) is 13.9. The van der Waals surface area contributed by atoms with Gasteiger partial charge in [0.25, 0.3) is 0 Å². The first-order valence-corrected chi connectivity index (χ1v) is 22.9. The van der Waals surface area contributed by atoms with Gasteiger partial charge in [-0.25, -0.2) is 0 Å². The first kappa shape index (κ1) is 40.0. The average molecular weight is 859 g/mol. The van der Waals surface area contributed by atoms with E-state index in [0.29, 0.717) is 11.4 Å². The summed E-state index contributed by atoms with van der Waals surface area (Å²) in [4.78, 5) is 0. The number of allylic oxidation sites excluding steroid dienone is 2. The predicted molar refractivity (Wildman–Crippen MR) is 282 cm³/mol. The largest absolute Gasteiger partial charge is 0.398 e. The minimum atomic E-state index is -0.314. The number of nitrogens with two attached hydrogens (primary N) is 2. The molecule has 4 heteroatoms. The van der Waals surface area contributed by atoms with Gasteiger partial charge in [-0.15, -0.1) is 10.2 Å². The third kappa shape index (κ3) is 6.85. The molecule has 0 fully saturated rings. The summed E-state index contributed by atoms with van der Waals surface area (Å²) in [5.41, 5.74) is 30.0. The second-order valence-corrected chi connectivity index (χ2v) is 18.2. The Balaban J connectivity index is 1.11. The molecule has 10 aromatic carbocycles. The molecule has 1 heterocycles. The Morgan fingerprint density at radius 3 is 1.52 bits per heavy atom. The highest BCUT2D eigenvalue weighted by Gasteiger charge is 2.37. The molecule has 0 spiro atoms. The maximum absolute atomic E-state index is 7.00. The summed E-state index contributed by atoms with van der Waals surface area (Å²) in [5, 5.41) is 18.9. The molecular formula is C63H46N4. The highest BCUT2D eigenvalue weighted by molar-refractivity contribution is 6.23. The topological polar surface area (TPSA) is 77.8 Å². The first-order chi connectivity index (χ1) is 32.8. The lowest BCUT2D eigenvalue weighted by Crippen LogP contribution is -2.15. The zero-order valence-electron chi connectivity index (χ0n) is 37.3.